The molecule has 0 unspecified atom stereocenters. The van der Waals surface area contributed by atoms with Gasteiger partial charge in [-0.3, -0.25) is 0 Å². The van der Waals surface area contributed by atoms with Crippen molar-refractivity contribution in [1.29, 1.82) is 0 Å². The summed E-state index contributed by atoms with van der Waals surface area (Å²) in [6, 6.07) is 0. The molecule has 0 bridgehead atoms. The van der Waals surface area contributed by atoms with Crippen LogP contribution in [0.3, 0.4) is 0 Å². The predicted molar refractivity (Wildman–Crippen MR) is 72.6 cm³/mol. The van der Waals surface area contributed by atoms with Gasteiger partial charge < -0.3 is 13.9 Å². The van der Waals surface area contributed by atoms with Gasteiger partial charge in [-0.25, -0.2) is 0 Å². The highest BCUT2D eigenvalue weighted by molar-refractivity contribution is 6.74. The Hall–Kier alpha value is 0.0969. The fourth-order valence-corrected chi connectivity index (χ4v) is 2.70. The maximum atomic E-state index is 6.18. The topological polar surface area (TPSA) is 27.7 Å². The zero-order chi connectivity index (χ0) is 13.5. The maximum Gasteiger partial charge on any atom is 0.192 e. The average molecular weight is 260 g/mol. The molecule has 2 atom stereocenters. The van der Waals surface area contributed by atoms with E-state index in [2.05, 4.69) is 40.8 Å². The zero-order valence-electron chi connectivity index (χ0n) is 12.6. The van der Waals surface area contributed by atoms with E-state index in [1.807, 2.05) is 13.8 Å². The van der Waals surface area contributed by atoms with Crippen molar-refractivity contribution in [2.75, 3.05) is 6.61 Å². The Bertz CT molecular complexity index is 268. The smallest absolute Gasteiger partial charge is 0.192 e. The molecule has 0 aromatic heterocycles. The first-order valence-electron chi connectivity index (χ1n) is 6.44. The van der Waals surface area contributed by atoms with E-state index in [4.69, 9.17) is 13.9 Å². The second kappa shape index (κ2) is 4.65. The second-order valence-corrected chi connectivity index (χ2v) is 11.8. The van der Waals surface area contributed by atoms with E-state index in [9.17, 15) is 0 Å². The molecule has 0 saturated carbocycles. The minimum Gasteiger partial charge on any atom is -0.414 e. The summed E-state index contributed by atoms with van der Waals surface area (Å²) in [4.78, 5) is 0. The minimum atomic E-state index is -1.68. The van der Waals surface area contributed by atoms with E-state index in [1.165, 1.54) is 0 Å². The third-order valence-corrected chi connectivity index (χ3v) is 8.34. The quantitative estimate of drug-likeness (QED) is 0.726. The Balaban J connectivity index is 2.52. The fraction of sp³-hybridized carbons (Fsp3) is 1.00. The van der Waals surface area contributed by atoms with E-state index in [0.29, 0.717) is 6.61 Å². The van der Waals surface area contributed by atoms with E-state index < -0.39 is 14.1 Å². The van der Waals surface area contributed by atoms with Crippen LogP contribution in [0.5, 0.6) is 0 Å². The largest absolute Gasteiger partial charge is 0.414 e. The maximum absolute atomic E-state index is 6.18. The molecule has 17 heavy (non-hydrogen) atoms. The Morgan fingerprint density at radius 1 is 1.18 bits per heavy atom. The molecule has 4 heteroatoms. The zero-order valence-corrected chi connectivity index (χ0v) is 13.6. The van der Waals surface area contributed by atoms with Crippen molar-refractivity contribution in [1.82, 2.24) is 0 Å². The summed E-state index contributed by atoms with van der Waals surface area (Å²) >= 11 is 0. The lowest BCUT2D eigenvalue weighted by Gasteiger charge is -2.37. The van der Waals surface area contributed by atoms with Crippen molar-refractivity contribution in [3.63, 3.8) is 0 Å². The van der Waals surface area contributed by atoms with Crippen molar-refractivity contribution in [3.8, 4) is 0 Å². The Morgan fingerprint density at radius 3 is 2.06 bits per heavy atom. The Morgan fingerprint density at radius 2 is 1.71 bits per heavy atom. The molecule has 0 aliphatic carbocycles. The van der Waals surface area contributed by atoms with Gasteiger partial charge >= 0.3 is 0 Å². The van der Waals surface area contributed by atoms with Gasteiger partial charge in [-0.15, -0.1) is 0 Å². The summed E-state index contributed by atoms with van der Waals surface area (Å²) in [5.74, 6) is -0.471. The van der Waals surface area contributed by atoms with E-state index in [1.54, 1.807) is 0 Å². The molecule has 1 aliphatic heterocycles. The normalized spacial score (nSPS) is 29.6. The highest BCUT2D eigenvalue weighted by atomic mass is 28.4. The molecule has 1 saturated heterocycles. The SMILES string of the molecule is C[C@@H]1OC(C)(C)O[C@H]1CO[Si](C)(C)C(C)(C)C. The van der Waals surface area contributed by atoms with Crippen LogP contribution in [0.25, 0.3) is 0 Å². The monoisotopic (exact) mass is 260 g/mol. The van der Waals surface area contributed by atoms with Crippen LogP contribution >= 0.6 is 0 Å². The molecule has 1 aliphatic rings. The van der Waals surface area contributed by atoms with Crippen LogP contribution in [0.2, 0.25) is 18.1 Å². The van der Waals surface area contributed by atoms with Crippen LogP contribution in [0.15, 0.2) is 0 Å². The van der Waals surface area contributed by atoms with Gasteiger partial charge in [0.15, 0.2) is 14.1 Å². The highest BCUT2D eigenvalue weighted by Crippen LogP contribution is 2.37. The van der Waals surface area contributed by atoms with Crippen molar-refractivity contribution in [3.05, 3.63) is 0 Å². The fourth-order valence-electron chi connectivity index (χ4n) is 1.69. The third kappa shape index (κ3) is 3.78. The molecule has 1 heterocycles. The van der Waals surface area contributed by atoms with Gasteiger partial charge in [-0.1, -0.05) is 20.8 Å². The summed E-state index contributed by atoms with van der Waals surface area (Å²) in [6.07, 6.45) is 0.161. The molecular weight excluding hydrogens is 232 g/mol. The molecule has 102 valence electrons. The van der Waals surface area contributed by atoms with Crippen molar-refractivity contribution in [2.24, 2.45) is 0 Å². The van der Waals surface area contributed by atoms with Crippen molar-refractivity contribution in [2.45, 2.75) is 77.7 Å². The Kier molecular flexibility index (Phi) is 4.14. The lowest BCUT2D eigenvalue weighted by molar-refractivity contribution is -0.147. The molecule has 0 amide bonds. The molecule has 0 spiro atoms. The lowest BCUT2D eigenvalue weighted by atomic mass is 10.2. The Labute approximate surface area is 107 Å². The first-order valence-corrected chi connectivity index (χ1v) is 9.35. The van der Waals surface area contributed by atoms with Crippen LogP contribution in [0, 0.1) is 0 Å². The minimum absolute atomic E-state index is 0.0547. The van der Waals surface area contributed by atoms with Crippen LogP contribution < -0.4 is 0 Å². The predicted octanol–water partition coefficient (Wildman–Crippen LogP) is 3.55. The standard InChI is InChI=1S/C13H28O3Si/c1-10-11(16-13(5,6)15-10)9-14-17(7,8)12(2,3)4/h10-11H,9H2,1-8H3/t10-,11-/m0/s1. The summed E-state index contributed by atoms with van der Waals surface area (Å²) < 4.78 is 17.7. The van der Waals surface area contributed by atoms with E-state index >= 15 is 0 Å². The number of hydrogen-bond donors (Lipinski definition) is 0. The van der Waals surface area contributed by atoms with E-state index in [0.717, 1.165) is 0 Å². The summed E-state index contributed by atoms with van der Waals surface area (Å²) in [5.41, 5.74) is 0. The van der Waals surface area contributed by atoms with Gasteiger partial charge in [0.05, 0.1) is 12.7 Å². The molecule has 0 aromatic carbocycles. The first-order chi connectivity index (χ1) is 7.45. The molecular formula is C13H28O3Si. The third-order valence-electron chi connectivity index (χ3n) is 3.84. The number of ether oxygens (including phenoxy) is 2. The van der Waals surface area contributed by atoms with Crippen LogP contribution in [0.4, 0.5) is 0 Å². The van der Waals surface area contributed by atoms with Gasteiger partial charge in [0.25, 0.3) is 0 Å². The summed E-state index contributed by atoms with van der Waals surface area (Å²) in [6.45, 7) is 17.9. The van der Waals surface area contributed by atoms with Crippen LogP contribution in [-0.2, 0) is 13.9 Å². The van der Waals surface area contributed by atoms with Crippen molar-refractivity contribution < 1.29 is 13.9 Å². The van der Waals surface area contributed by atoms with Gasteiger partial charge in [0.2, 0.25) is 0 Å². The van der Waals surface area contributed by atoms with Gasteiger partial charge in [0.1, 0.15) is 6.10 Å². The van der Waals surface area contributed by atoms with Crippen molar-refractivity contribution >= 4 is 8.32 Å². The van der Waals surface area contributed by atoms with Gasteiger partial charge in [0, 0.05) is 0 Å². The van der Waals surface area contributed by atoms with Crippen LogP contribution in [-0.4, -0.2) is 32.9 Å². The first kappa shape index (κ1) is 15.2. The molecule has 0 N–H and O–H groups in total. The summed E-state index contributed by atoms with van der Waals surface area (Å²) in [5, 5.41) is 0.241. The molecule has 3 nitrogen and oxygen atoms in total. The van der Waals surface area contributed by atoms with Gasteiger partial charge in [-0.2, -0.15) is 0 Å². The second-order valence-electron chi connectivity index (χ2n) is 6.95. The molecule has 0 radical (unpaired) electrons. The van der Waals surface area contributed by atoms with Crippen LogP contribution in [0.1, 0.15) is 41.5 Å². The van der Waals surface area contributed by atoms with E-state index in [-0.39, 0.29) is 17.2 Å². The molecule has 0 aromatic rings. The summed E-state index contributed by atoms with van der Waals surface area (Å²) in [7, 11) is -1.68. The lowest BCUT2D eigenvalue weighted by Crippen LogP contribution is -2.43. The highest BCUT2D eigenvalue weighted by Gasteiger charge is 2.42. The molecule has 1 rings (SSSR count). The number of rotatable bonds is 3. The molecule has 1 fully saturated rings. The average Bonchev–Trinajstić information content (AvgIpc) is 2.34. The van der Waals surface area contributed by atoms with Gasteiger partial charge in [-0.05, 0) is 38.9 Å². The number of hydrogen-bond acceptors (Lipinski definition) is 3.